The molecule has 4 heteroatoms. The number of hydrogen-bond acceptors (Lipinski definition) is 1. The SMILES string of the molecule is CC1c2cc3c4c(n(-c5ccccc5)c3c3c2-c2c(cc5c6cc(-c7cccc(-c8ccccc8N)c7)ccc6n(-c6ccccc6)c5c2C(C)C3C)C1C)CCC(c1ccc2[nH]c3ccccc3c2c1)=C4. The molecular formula is C68H54N4. The smallest absolute Gasteiger partial charge is 0.0582 e. The molecule has 3 aromatic heterocycles. The minimum atomic E-state index is 0.235. The Bertz CT molecular complexity index is 4290. The molecule has 0 bridgehead atoms. The van der Waals surface area contributed by atoms with Crippen molar-refractivity contribution in [3.05, 3.63) is 221 Å². The van der Waals surface area contributed by atoms with Gasteiger partial charge in [0, 0.05) is 71.8 Å². The van der Waals surface area contributed by atoms with Crippen LogP contribution in [0.3, 0.4) is 0 Å². The fourth-order valence-electron chi connectivity index (χ4n) is 13.7. The number of nitrogens with two attached hydrogens (primary N) is 1. The van der Waals surface area contributed by atoms with Crippen LogP contribution in [0.4, 0.5) is 5.69 Å². The maximum atomic E-state index is 6.52. The minimum Gasteiger partial charge on any atom is -0.398 e. The summed E-state index contributed by atoms with van der Waals surface area (Å²) in [5.74, 6) is 1.11. The lowest BCUT2D eigenvalue weighted by Gasteiger charge is -2.42. The van der Waals surface area contributed by atoms with Gasteiger partial charge in [-0.25, -0.2) is 0 Å². The second-order valence-corrected chi connectivity index (χ2v) is 21.2. The fraction of sp³-hybridized carbons (Fsp3) is 0.147. The van der Waals surface area contributed by atoms with Gasteiger partial charge in [0.1, 0.15) is 0 Å². The number of hydrogen-bond donors (Lipinski definition) is 2. The van der Waals surface area contributed by atoms with Gasteiger partial charge in [-0.05, 0) is 183 Å². The Morgan fingerprint density at radius 3 is 1.79 bits per heavy atom. The molecule has 72 heavy (non-hydrogen) atoms. The van der Waals surface area contributed by atoms with E-state index in [0.717, 1.165) is 29.7 Å². The Kier molecular flexibility index (Phi) is 8.82. The van der Waals surface area contributed by atoms with E-state index in [1.807, 2.05) is 12.1 Å². The largest absolute Gasteiger partial charge is 0.398 e. The third-order valence-corrected chi connectivity index (χ3v) is 17.5. The molecule has 0 saturated heterocycles. The van der Waals surface area contributed by atoms with Crippen LogP contribution in [0, 0.1) is 0 Å². The quantitative estimate of drug-likeness (QED) is 0.166. The summed E-state index contributed by atoms with van der Waals surface area (Å²) >= 11 is 0. The van der Waals surface area contributed by atoms with Crippen LogP contribution >= 0.6 is 0 Å². The van der Waals surface area contributed by atoms with Gasteiger partial charge >= 0.3 is 0 Å². The van der Waals surface area contributed by atoms with Crippen LogP contribution in [0.2, 0.25) is 0 Å². The maximum absolute atomic E-state index is 6.52. The van der Waals surface area contributed by atoms with Crippen molar-refractivity contribution in [3.8, 4) is 44.8 Å². The van der Waals surface area contributed by atoms with Crippen LogP contribution < -0.4 is 5.73 Å². The molecule has 0 fully saturated rings. The van der Waals surface area contributed by atoms with Crippen molar-refractivity contribution in [2.75, 3.05) is 5.73 Å². The molecule has 0 saturated carbocycles. The van der Waals surface area contributed by atoms with E-state index in [0.29, 0.717) is 11.8 Å². The van der Waals surface area contributed by atoms with E-state index in [1.165, 1.54) is 133 Å². The zero-order chi connectivity index (χ0) is 48.1. The molecule has 3 aliphatic rings. The van der Waals surface area contributed by atoms with E-state index < -0.39 is 0 Å². The monoisotopic (exact) mass is 926 g/mol. The van der Waals surface area contributed by atoms with Crippen molar-refractivity contribution in [1.82, 2.24) is 14.1 Å². The minimum absolute atomic E-state index is 0.235. The summed E-state index contributed by atoms with van der Waals surface area (Å²) in [6.45, 7) is 10.0. The third-order valence-electron chi connectivity index (χ3n) is 17.5. The average Bonchev–Trinajstić information content (AvgIpc) is 4.08. The van der Waals surface area contributed by atoms with Gasteiger partial charge < -0.3 is 19.9 Å². The molecular weight excluding hydrogens is 873 g/mol. The van der Waals surface area contributed by atoms with Crippen LogP contribution in [0.1, 0.15) is 96.9 Å². The Morgan fingerprint density at radius 2 is 1.04 bits per heavy atom. The summed E-state index contributed by atoms with van der Waals surface area (Å²) in [5, 5.41) is 6.60. The van der Waals surface area contributed by atoms with Crippen molar-refractivity contribution in [2.45, 2.75) is 64.2 Å². The normalized spacial score (nSPS) is 18.0. The fourth-order valence-corrected chi connectivity index (χ4v) is 13.7. The van der Waals surface area contributed by atoms with Gasteiger partial charge in [-0.15, -0.1) is 0 Å². The maximum Gasteiger partial charge on any atom is 0.0582 e. The van der Waals surface area contributed by atoms with E-state index in [4.69, 9.17) is 5.73 Å². The first-order valence-electron chi connectivity index (χ1n) is 26.0. The first kappa shape index (κ1) is 41.4. The number of benzene rings is 9. The average molecular weight is 927 g/mol. The summed E-state index contributed by atoms with van der Waals surface area (Å²) in [6.07, 6.45) is 4.53. The van der Waals surface area contributed by atoms with Gasteiger partial charge in [0.15, 0.2) is 0 Å². The molecule has 4 nitrogen and oxygen atoms in total. The van der Waals surface area contributed by atoms with Crippen LogP contribution in [0.25, 0.3) is 111 Å². The van der Waals surface area contributed by atoms with Crippen molar-refractivity contribution >= 4 is 71.9 Å². The highest BCUT2D eigenvalue weighted by Crippen LogP contribution is 2.62. The number of aromatic nitrogens is 3. The van der Waals surface area contributed by atoms with E-state index in [1.54, 1.807) is 0 Å². The van der Waals surface area contributed by atoms with E-state index >= 15 is 0 Å². The number of H-pyrrole nitrogens is 1. The molecule has 3 aliphatic carbocycles. The first-order valence-corrected chi connectivity index (χ1v) is 26.0. The van der Waals surface area contributed by atoms with Crippen molar-refractivity contribution in [3.63, 3.8) is 0 Å². The second-order valence-electron chi connectivity index (χ2n) is 21.2. The predicted octanol–water partition coefficient (Wildman–Crippen LogP) is 17.9. The number of allylic oxidation sites excluding steroid dienone is 1. The number of nitrogens with zero attached hydrogens (tertiary/aromatic N) is 2. The molecule has 12 aromatic rings. The van der Waals surface area contributed by atoms with E-state index in [2.05, 4.69) is 218 Å². The molecule has 0 radical (unpaired) electrons. The van der Waals surface area contributed by atoms with Crippen molar-refractivity contribution in [1.29, 1.82) is 0 Å². The second kappa shape index (κ2) is 15.3. The summed E-state index contributed by atoms with van der Waals surface area (Å²) in [6, 6.07) is 67.5. The number of rotatable bonds is 5. The van der Waals surface area contributed by atoms with Gasteiger partial charge in [0.05, 0.1) is 16.6 Å². The molecule has 346 valence electrons. The van der Waals surface area contributed by atoms with Gasteiger partial charge in [0.2, 0.25) is 0 Å². The summed E-state index contributed by atoms with van der Waals surface area (Å²) in [4.78, 5) is 3.65. The summed E-state index contributed by atoms with van der Waals surface area (Å²) < 4.78 is 5.26. The number of anilines is 1. The number of fused-ring (bicyclic) bond motifs is 11. The zero-order valence-electron chi connectivity index (χ0n) is 41.1. The van der Waals surface area contributed by atoms with Crippen LogP contribution in [0.5, 0.6) is 0 Å². The van der Waals surface area contributed by atoms with E-state index in [-0.39, 0.29) is 11.8 Å². The lowest BCUT2D eigenvalue weighted by atomic mass is 9.62. The lowest BCUT2D eigenvalue weighted by Crippen LogP contribution is -2.24. The third kappa shape index (κ3) is 5.75. The topological polar surface area (TPSA) is 51.7 Å². The Balaban J connectivity index is 0.995. The molecule has 0 spiro atoms. The lowest BCUT2D eigenvalue weighted by molar-refractivity contribution is 0.584. The predicted molar refractivity (Wildman–Crippen MR) is 304 cm³/mol. The summed E-state index contributed by atoms with van der Waals surface area (Å²) in [7, 11) is 0. The Morgan fingerprint density at radius 1 is 0.444 bits per heavy atom. The van der Waals surface area contributed by atoms with Crippen molar-refractivity contribution < 1.29 is 0 Å². The Hall–Kier alpha value is -8.34. The van der Waals surface area contributed by atoms with Gasteiger partial charge in [0.25, 0.3) is 0 Å². The van der Waals surface area contributed by atoms with Gasteiger partial charge in [-0.2, -0.15) is 0 Å². The van der Waals surface area contributed by atoms with Gasteiger partial charge in [-0.1, -0.05) is 131 Å². The molecule has 3 heterocycles. The molecule has 0 amide bonds. The molecule has 3 N–H and O–H groups in total. The molecule has 4 atom stereocenters. The number of nitrogen functional groups attached to an aromatic ring is 1. The van der Waals surface area contributed by atoms with Crippen LogP contribution in [-0.4, -0.2) is 14.1 Å². The number of para-hydroxylation sites is 4. The van der Waals surface area contributed by atoms with Crippen LogP contribution in [-0.2, 0) is 6.42 Å². The molecule has 15 rings (SSSR count). The highest BCUT2D eigenvalue weighted by molar-refractivity contribution is 6.16. The van der Waals surface area contributed by atoms with E-state index in [9.17, 15) is 0 Å². The number of aromatic amines is 1. The standard InChI is InChI=1S/C68H54N4/c1-38-39(2)52-37-57-55-35-45(43-26-29-60-53(33-43)50-23-12-14-25-59(50)70-60)28-31-62(55)72(48-20-9-6-10-21-48)68(57)64-41(4)40(3)63-65(66(52)64)51(38)36-56-54-34-44(27-30-61(54)71(67(56)63)47-18-7-5-8-19-47)42-16-15-17-46(32-42)49-22-11-13-24-58(49)69/h5-27,29-30,32-41,70H,28,31,69H2,1-4H3. The summed E-state index contributed by atoms with van der Waals surface area (Å²) in [5.41, 5.74) is 35.1. The zero-order valence-corrected chi connectivity index (χ0v) is 41.1. The molecule has 0 aliphatic heterocycles. The van der Waals surface area contributed by atoms with Crippen LogP contribution in [0.15, 0.2) is 182 Å². The molecule has 9 aromatic carbocycles. The number of nitrogens with one attached hydrogen (secondary N) is 1. The Labute approximate surface area is 419 Å². The highest BCUT2D eigenvalue weighted by Gasteiger charge is 2.43. The molecule has 4 unspecified atom stereocenters. The highest BCUT2D eigenvalue weighted by atomic mass is 15.0. The van der Waals surface area contributed by atoms with Gasteiger partial charge in [-0.3, -0.25) is 0 Å². The first-order chi connectivity index (χ1) is 35.3. The van der Waals surface area contributed by atoms with Crippen molar-refractivity contribution in [2.24, 2.45) is 0 Å².